The minimum absolute atomic E-state index is 0.0199. The average molecular weight is 576 g/mol. The number of carbonyl (C=O) groups excluding carboxylic acids is 3. The standard InChI is InChI=1S/C29H29N5O6S/c1-3-40-28(37)25-26(20-8-5-4-6-9-20)30-29-33(27(25)21-10-7-11-22(16-21)34(38)39)23(18-41-29)17-24(36)32-14-12-31(13-15-32)19(2)35/h4-11,16,18,27H,3,12-15,17H2,1-2H3/t27-/m0/s1. The van der Waals surface area contributed by atoms with Gasteiger partial charge in [-0.1, -0.05) is 54.2 Å². The second kappa shape index (κ2) is 12.0. The van der Waals surface area contributed by atoms with Gasteiger partial charge in [-0.3, -0.25) is 19.7 Å². The molecule has 0 N–H and O–H groups in total. The summed E-state index contributed by atoms with van der Waals surface area (Å²) in [4.78, 5) is 60.0. The Kier molecular flexibility index (Phi) is 8.20. The number of esters is 1. The van der Waals surface area contributed by atoms with Gasteiger partial charge in [-0.25, -0.2) is 9.79 Å². The molecule has 11 nitrogen and oxygen atoms in total. The lowest BCUT2D eigenvalue weighted by Gasteiger charge is -2.38. The number of rotatable bonds is 7. The van der Waals surface area contributed by atoms with E-state index in [9.17, 15) is 24.5 Å². The Balaban J connectivity index is 1.56. The molecule has 1 atom stereocenters. The third-order valence-electron chi connectivity index (χ3n) is 7.16. The van der Waals surface area contributed by atoms with E-state index in [1.165, 1.54) is 30.8 Å². The molecule has 2 aromatic rings. The van der Waals surface area contributed by atoms with Gasteiger partial charge in [0.15, 0.2) is 5.17 Å². The Morgan fingerprint density at radius 3 is 2.41 bits per heavy atom. The lowest BCUT2D eigenvalue weighted by Crippen LogP contribution is -2.50. The molecule has 3 aliphatic heterocycles. The van der Waals surface area contributed by atoms with Gasteiger partial charge in [0.1, 0.15) is 0 Å². The molecule has 0 bridgehead atoms. The van der Waals surface area contributed by atoms with Gasteiger partial charge >= 0.3 is 5.97 Å². The summed E-state index contributed by atoms with van der Waals surface area (Å²) in [5.74, 6) is -0.725. The molecule has 3 aliphatic rings. The van der Waals surface area contributed by atoms with E-state index in [2.05, 4.69) is 0 Å². The molecule has 0 radical (unpaired) electrons. The van der Waals surface area contributed by atoms with E-state index in [0.29, 0.717) is 53.9 Å². The van der Waals surface area contributed by atoms with Crippen molar-refractivity contribution < 1.29 is 24.0 Å². The topological polar surface area (TPSA) is 126 Å². The maximum atomic E-state index is 13.6. The summed E-state index contributed by atoms with van der Waals surface area (Å²) in [6, 6.07) is 14.6. The first-order chi connectivity index (χ1) is 19.8. The lowest BCUT2D eigenvalue weighted by molar-refractivity contribution is -0.384. The van der Waals surface area contributed by atoms with Crippen molar-refractivity contribution in [2.45, 2.75) is 26.3 Å². The molecular formula is C29H29N5O6S. The fourth-order valence-corrected chi connectivity index (χ4v) is 6.07. The van der Waals surface area contributed by atoms with Gasteiger partial charge in [0.2, 0.25) is 11.8 Å². The SMILES string of the molecule is CCOC(=O)C1=C(c2ccccc2)N=C2SC=C(CC(=O)N3CCN(C(C)=O)CC3)N2[C@H]1c1cccc([N+](=O)[O-])c1. The van der Waals surface area contributed by atoms with Crippen LogP contribution in [0.4, 0.5) is 5.69 Å². The van der Waals surface area contributed by atoms with Gasteiger partial charge in [0, 0.05) is 56.5 Å². The van der Waals surface area contributed by atoms with Crippen LogP contribution >= 0.6 is 11.8 Å². The van der Waals surface area contributed by atoms with Crippen molar-refractivity contribution >= 4 is 46.1 Å². The van der Waals surface area contributed by atoms with Crippen LogP contribution in [0.3, 0.4) is 0 Å². The molecule has 5 rings (SSSR count). The van der Waals surface area contributed by atoms with Crippen LogP contribution in [0, 0.1) is 10.1 Å². The Morgan fingerprint density at radius 2 is 1.76 bits per heavy atom. The summed E-state index contributed by atoms with van der Waals surface area (Å²) >= 11 is 1.33. The van der Waals surface area contributed by atoms with Crippen molar-refractivity contribution in [2.75, 3.05) is 32.8 Å². The van der Waals surface area contributed by atoms with E-state index in [1.54, 1.807) is 28.9 Å². The number of nitrogens with zero attached hydrogens (tertiary/aromatic N) is 5. The number of thioether (sulfide) groups is 1. The summed E-state index contributed by atoms with van der Waals surface area (Å²) in [6.45, 7) is 5.16. The molecular weight excluding hydrogens is 546 g/mol. The number of fused-ring (bicyclic) bond motifs is 1. The second-order valence-corrected chi connectivity index (χ2v) is 10.5. The number of benzene rings is 2. The highest BCUT2D eigenvalue weighted by molar-refractivity contribution is 8.16. The molecule has 0 aromatic heterocycles. The molecule has 0 spiro atoms. The maximum Gasteiger partial charge on any atom is 0.338 e. The van der Waals surface area contributed by atoms with Crippen LogP contribution in [-0.2, 0) is 19.1 Å². The predicted molar refractivity (Wildman–Crippen MR) is 154 cm³/mol. The number of hydrogen-bond acceptors (Lipinski definition) is 9. The summed E-state index contributed by atoms with van der Waals surface area (Å²) in [6.07, 6.45) is 0.0360. The highest BCUT2D eigenvalue weighted by atomic mass is 32.2. The van der Waals surface area contributed by atoms with Crippen molar-refractivity contribution in [3.8, 4) is 0 Å². The first kappa shape index (κ1) is 28.1. The van der Waals surface area contributed by atoms with Crippen molar-refractivity contribution in [2.24, 2.45) is 4.99 Å². The number of amides is 2. The Bertz CT molecular complexity index is 1480. The zero-order valence-corrected chi connectivity index (χ0v) is 23.5. The van der Waals surface area contributed by atoms with Crippen molar-refractivity contribution in [1.82, 2.24) is 14.7 Å². The first-order valence-electron chi connectivity index (χ1n) is 13.3. The number of ether oxygens (including phenoxy) is 1. The number of amidine groups is 1. The molecule has 1 saturated heterocycles. The molecule has 212 valence electrons. The second-order valence-electron chi connectivity index (χ2n) is 9.66. The van der Waals surface area contributed by atoms with Crippen LogP contribution in [0.1, 0.15) is 37.4 Å². The van der Waals surface area contributed by atoms with Crippen LogP contribution in [0.15, 0.2) is 76.3 Å². The molecule has 0 unspecified atom stereocenters. The van der Waals surface area contributed by atoms with E-state index < -0.39 is 16.9 Å². The van der Waals surface area contributed by atoms with Crippen molar-refractivity contribution in [3.05, 3.63) is 92.5 Å². The minimum Gasteiger partial charge on any atom is -0.463 e. The number of piperazine rings is 1. The summed E-state index contributed by atoms with van der Waals surface area (Å²) in [7, 11) is 0. The van der Waals surface area contributed by atoms with Crippen LogP contribution in [0.2, 0.25) is 0 Å². The van der Waals surface area contributed by atoms with E-state index in [0.717, 1.165) is 0 Å². The quantitative estimate of drug-likeness (QED) is 0.276. The summed E-state index contributed by atoms with van der Waals surface area (Å²) in [5, 5.41) is 14.1. The van der Waals surface area contributed by atoms with Gasteiger partial charge in [0.05, 0.1) is 35.3 Å². The van der Waals surface area contributed by atoms with Crippen LogP contribution in [0.5, 0.6) is 0 Å². The Hall–Kier alpha value is -4.45. The van der Waals surface area contributed by atoms with Crippen LogP contribution in [0.25, 0.3) is 5.70 Å². The number of hydrogen-bond donors (Lipinski definition) is 0. The molecule has 0 aliphatic carbocycles. The van der Waals surface area contributed by atoms with Crippen molar-refractivity contribution in [3.63, 3.8) is 0 Å². The Morgan fingerprint density at radius 1 is 1.05 bits per heavy atom. The normalized spacial score (nSPS) is 18.5. The predicted octanol–water partition coefficient (Wildman–Crippen LogP) is 3.95. The molecule has 1 fully saturated rings. The van der Waals surface area contributed by atoms with Gasteiger partial charge < -0.3 is 19.4 Å². The highest BCUT2D eigenvalue weighted by Crippen LogP contribution is 2.47. The molecule has 12 heteroatoms. The molecule has 41 heavy (non-hydrogen) atoms. The monoisotopic (exact) mass is 575 g/mol. The molecule has 0 saturated carbocycles. The van der Waals surface area contributed by atoms with Gasteiger partial charge in [0.25, 0.3) is 5.69 Å². The van der Waals surface area contributed by atoms with Crippen LogP contribution in [-0.4, -0.2) is 75.4 Å². The zero-order valence-electron chi connectivity index (χ0n) is 22.7. The van der Waals surface area contributed by atoms with E-state index in [1.807, 2.05) is 40.6 Å². The molecule has 2 aromatic carbocycles. The minimum atomic E-state index is -0.819. The zero-order chi connectivity index (χ0) is 29.1. The van der Waals surface area contributed by atoms with Gasteiger partial charge in [-0.05, 0) is 17.9 Å². The largest absolute Gasteiger partial charge is 0.463 e. The van der Waals surface area contributed by atoms with E-state index in [-0.39, 0.29) is 36.1 Å². The van der Waals surface area contributed by atoms with E-state index >= 15 is 0 Å². The van der Waals surface area contributed by atoms with Gasteiger partial charge in [-0.2, -0.15) is 0 Å². The first-order valence-corrected chi connectivity index (χ1v) is 14.1. The number of non-ortho nitro benzene ring substituents is 1. The van der Waals surface area contributed by atoms with Gasteiger partial charge in [-0.15, -0.1) is 0 Å². The number of carbonyl (C=O) groups is 3. The summed E-state index contributed by atoms with van der Waals surface area (Å²) in [5.41, 5.74) is 2.36. The lowest BCUT2D eigenvalue weighted by atomic mass is 9.91. The molecule has 2 amide bonds. The smallest absolute Gasteiger partial charge is 0.338 e. The number of nitro groups is 1. The number of aliphatic imine (C=N–C) groups is 1. The van der Waals surface area contributed by atoms with E-state index in [4.69, 9.17) is 9.73 Å². The van der Waals surface area contributed by atoms with Crippen LogP contribution < -0.4 is 0 Å². The average Bonchev–Trinajstić information content (AvgIpc) is 3.38. The third-order valence-corrected chi connectivity index (χ3v) is 8.05. The molecule has 3 heterocycles. The van der Waals surface area contributed by atoms with Crippen molar-refractivity contribution in [1.29, 1.82) is 0 Å². The maximum absolute atomic E-state index is 13.6. The third kappa shape index (κ3) is 5.73. The fraction of sp³-hybridized carbons (Fsp3) is 0.310. The fourth-order valence-electron chi connectivity index (χ4n) is 5.15. The number of nitro benzene ring substituents is 1. The Labute approximate surface area is 241 Å². The highest BCUT2D eigenvalue weighted by Gasteiger charge is 2.43. The summed E-state index contributed by atoms with van der Waals surface area (Å²) < 4.78 is 5.49.